The van der Waals surface area contributed by atoms with Crippen LogP contribution < -0.4 is 5.32 Å². The number of nitro benzene ring substituents is 1. The van der Waals surface area contributed by atoms with E-state index in [4.69, 9.17) is 0 Å². The number of rotatable bonds is 3. The summed E-state index contributed by atoms with van der Waals surface area (Å²) in [5, 5.41) is 13.7. The number of aryl methyl sites for hydroxylation is 4. The number of nitrogens with zero attached hydrogens (tertiary/aromatic N) is 1. The van der Waals surface area contributed by atoms with E-state index in [0.29, 0.717) is 22.4 Å². The lowest BCUT2D eigenvalue weighted by molar-refractivity contribution is -0.384. The highest BCUT2D eigenvalue weighted by molar-refractivity contribution is 6.07. The van der Waals surface area contributed by atoms with Gasteiger partial charge in [-0.2, -0.15) is 0 Å². The molecule has 0 atom stereocenters. The van der Waals surface area contributed by atoms with Crippen LogP contribution in [-0.4, -0.2) is 10.8 Å². The van der Waals surface area contributed by atoms with Gasteiger partial charge in [-0.1, -0.05) is 18.2 Å². The lowest BCUT2D eigenvalue weighted by Crippen LogP contribution is -2.16. The van der Waals surface area contributed by atoms with Gasteiger partial charge in [0.05, 0.1) is 4.92 Å². The Bertz CT molecular complexity index is 723. The van der Waals surface area contributed by atoms with Gasteiger partial charge in [0.1, 0.15) is 0 Å². The maximum atomic E-state index is 12.5. The molecule has 1 N–H and O–H groups in total. The molecule has 0 aliphatic heterocycles. The van der Waals surface area contributed by atoms with Gasteiger partial charge in [0, 0.05) is 23.4 Å². The first-order valence-corrected chi connectivity index (χ1v) is 6.94. The molecule has 1 amide bonds. The first kappa shape index (κ1) is 15.7. The van der Waals surface area contributed by atoms with Gasteiger partial charge in [-0.05, 0) is 49.9 Å². The molecule has 22 heavy (non-hydrogen) atoms. The minimum atomic E-state index is -0.433. The quantitative estimate of drug-likeness (QED) is 0.685. The first-order chi connectivity index (χ1) is 10.3. The predicted octanol–water partition coefficient (Wildman–Crippen LogP) is 4.08. The Morgan fingerprint density at radius 3 is 1.95 bits per heavy atom. The predicted molar refractivity (Wildman–Crippen MR) is 86.4 cm³/mol. The molecular weight excluding hydrogens is 280 g/mol. The minimum absolute atomic E-state index is 0.0278. The maximum Gasteiger partial charge on any atom is 0.270 e. The van der Waals surface area contributed by atoms with Crippen LogP contribution in [0.5, 0.6) is 0 Å². The van der Waals surface area contributed by atoms with Crippen LogP contribution >= 0.6 is 0 Å². The number of non-ortho nitro benzene ring substituents is 1. The molecule has 0 aromatic heterocycles. The Kier molecular flexibility index (Phi) is 4.26. The summed E-state index contributed by atoms with van der Waals surface area (Å²) in [6.07, 6.45) is 0. The van der Waals surface area contributed by atoms with Crippen LogP contribution in [0, 0.1) is 37.8 Å². The third-order valence-corrected chi connectivity index (χ3v) is 3.67. The molecular formula is C17H18N2O3. The molecule has 0 unspecified atom stereocenters. The van der Waals surface area contributed by atoms with E-state index >= 15 is 0 Å². The van der Waals surface area contributed by atoms with Crippen molar-refractivity contribution in [3.8, 4) is 0 Å². The van der Waals surface area contributed by atoms with Crippen molar-refractivity contribution in [2.45, 2.75) is 27.7 Å². The normalized spacial score (nSPS) is 10.4. The number of benzene rings is 2. The number of hydrogen-bond acceptors (Lipinski definition) is 3. The number of nitrogens with one attached hydrogen (secondary N) is 1. The van der Waals surface area contributed by atoms with Gasteiger partial charge < -0.3 is 5.32 Å². The SMILES string of the molecule is Cc1cc([N+](=O)[O-])cc(C)c1NC(=O)c1c(C)cccc1C. The Hall–Kier alpha value is -2.69. The second kappa shape index (κ2) is 5.97. The van der Waals surface area contributed by atoms with E-state index in [9.17, 15) is 14.9 Å². The lowest BCUT2D eigenvalue weighted by Gasteiger charge is -2.14. The molecule has 0 saturated carbocycles. The molecule has 2 aromatic carbocycles. The number of carbonyl (C=O) groups excluding carboxylic acids is 1. The molecule has 0 aliphatic rings. The van der Waals surface area contributed by atoms with Crippen LogP contribution in [0.3, 0.4) is 0 Å². The number of hydrogen-bond donors (Lipinski definition) is 1. The van der Waals surface area contributed by atoms with Gasteiger partial charge in [-0.15, -0.1) is 0 Å². The third-order valence-electron chi connectivity index (χ3n) is 3.67. The van der Waals surface area contributed by atoms with E-state index in [-0.39, 0.29) is 11.6 Å². The van der Waals surface area contributed by atoms with Gasteiger partial charge in [-0.3, -0.25) is 14.9 Å². The summed E-state index contributed by atoms with van der Waals surface area (Å²) in [6, 6.07) is 8.61. The number of anilines is 1. The van der Waals surface area contributed by atoms with Crippen molar-refractivity contribution < 1.29 is 9.72 Å². The molecule has 0 aliphatic carbocycles. The molecule has 114 valence electrons. The molecule has 5 nitrogen and oxygen atoms in total. The number of amides is 1. The lowest BCUT2D eigenvalue weighted by atomic mass is 10.0. The van der Waals surface area contributed by atoms with E-state index in [2.05, 4.69) is 5.32 Å². The molecule has 0 fully saturated rings. The molecule has 0 saturated heterocycles. The maximum absolute atomic E-state index is 12.5. The molecule has 5 heteroatoms. The Morgan fingerprint density at radius 2 is 1.50 bits per heavy atom. The standard InChI is InChI=1S/C17H18N2O3/c1-10-6-5-7-11(2)15(10)17(20)18-16-12(3)8-14(19(21)22)9-13(16)4/h5-9H,1-4H3,(H,18,20). The van der Waals surface area contributed by atoms with Crippen molar-refractivity contribution in [3.05, 3.63) is 68.3 Å². The molecule has 0 spiro atoms. The van der Waals surface area contributed by atoms with Gasteiger partial charge in [0.15, 0.2) is 0 Å². The van der Waals surface area contributed by atoms with E-state index in [1.54, 1.807) is 13.8 Å². The van der Waals surface area contributed by atoms with Gasteiger partial charge in [0.2, 0.25) is 0 Å². The highest BCUT2D eigenvalue weighted by atomic mass is 16.6. The molecule has 0 radical (unpaired) electrons. The van der Waals surface area contributed by atoms with Crippen LogP contribution in [0.1, 0.15) is 32.6 Å². The average molecular weight is 298 g/mol. The number of carbonyl (C=O) groups is 1. The van der Waals surface area contributed by atoms with Crippen LogP contribution in [0.15, 0.2) is 30.3 Å². The highest BCUT2D eigenvalue weighted by Crippen LogP contribution is 2.27. The van der Waals surface area contributed by atoms with Crippen molar-refractivity contribution in [1.29, 1.82) is 0 Å². The van der Waals surface area contributed by atoms with Crippen LogP contribution in [0.2, 0.25) is 0 Å². The van der Waals surface area contributed by atoms with E-state index in [1.807, 2.05) is 32.0 Å². The van der Waals surface area contributed by atoms with E-state index in [0.717, 1.165) is 11.1 Å². The summed E-state index contributed by atoms with van der Waals surface area (Å²) in [5.74, 6) is -0.198. The van der Waals surface area contributed by atoms with Gasteiger partial charge >= 0.3 is 0 Å². The zero-order valence-electron chi connectivity index (χ0n) is 13.1. The number of nitro groups is 1. The van der Waals surface area contributed by atoms with Gasteiger partial charge in [-0.25, -0.2) is 0 Å². The average Bonchev–Trinajstić information content (AvgIpc) is 2.42. The fraction of sp³-hybridized carbons (Fsp3) is 0.235. The topological polar surface area (TPSA) is 72.2 Å². The molecule has 0 heterocycles. The van der Waals surface area contributed by atoms with Crippen LogP contribution in [-0.2, 0) is 0 Å². The summed E-state index contributed by atoms with van der Waals surface area (Å²) < 4.78 is 0. The monoisotopic (exact) mass is 298 g/mol. The molecule has 2 aromatic rings. The smallest absolute Gasteiger partial charge is 0.270 e. The fourth-order valence-electron chi connectivity index (χ4n) is 2.59. The van der Waals surface area contributed by atoms with Crippen LogP contribution in [0.4, 0.5) is 11.4 Å². The largest absolute Gasteiger partial charge is 0.321 e. The van der Waals surface area contributed by atoms with Gasteiger partial charge in [0.25, 0.3) is 11.6 Å². The zero-order chi connectivity index (χ0) is 16.4. The summed E-state index contributed by atoms with van der Waals surface area (Å²) in [7, 11) is 0. The second-order valence-corrected chi connectivity index (χ2v) is 5.43. The molecule has 2 rings (SSSR count). The van der Waals surface area contributed by atoms with E-state index < -0.39 is 4.92 Å². The summed E-state index contributed by atoms with van der Waals surface area (Å²) in [5.41, 5.74) is 4.43. The Morgan fingerprint density at radius 1 is 1.00 bits per heavy atom. The third kappa shape index (κ3) is 2.98. The summed E-state index contributed by atoms with van der Waals surface area (Å²) in [4.78, 5) is 23.0. The summed E-state index contributed by atoms with van der Waals surface area (Å²) in [6.45, 7) is 7.27. The molecule has 0 bridgehead atoms. The fourth-order valence-corrected chi connectivity index (χ4v) is 2.59. The van der Waals surface area contributed by atoms with Crippen molar-refractivity contribution in [2.75, 3.05) is 5.32 Å². The van der Waals surface area contributed by atoms with Crippen molar-refractivity contribution in [2.24, 2.45) is 0 Å². The van der Waals surface area contributed by atoms with E-state index in [1.165, 1.54) is 12.1 Å². The van der Waals surface area contributed by atoms with Crippen molar-refractivity contribution in [3.63, 3.8) is 0 Å². The summed E-state index contributed by atoms with van der Waals surface area (Å²) >= 11 is 0. The Labute approximate surface area is 129 Å². The highest BCUT2D eigenvalue weighted by Gasteiger charge is 2.17. The first-order valence-electron chi connectivity index (χ1n) is 6.94. The zero-order valence-corrected chi connectivity index (χ0v) is 13.1. The minimum Gasteiger partial charge on any atom is -0.321 e. The van der Waals surface area contributed by atoms with Crippen molar-refractivity contribution >= 4 is 17.3 Å². The second-order valence-electron chi connectivity index (χ2n) is 5.43. The Balaban J connectivity index is 2.39. The van der Waals surface area contributed by atoms with Crippen molar-refractivity contribution in [1.82, 2.24) is 0 Å². The van der Waals surface area contributed by atoms with Crippen LogP contribution in [0.25, 0.3) is 0 Å².